The molecule has 0 saturated carbocycles. The molecule has 1 unspecified atom stereocenters. The third-order valence-electron chi connectivity index (χ3n) is 3.21. The van der Waals surface area contributed by atoms with Gasteiger partial charge in [-0.15, -0.1) is 0 Å². The Bertz CT molecular complexity index is 591. The van der Waals surface area contributed by atoms with Crippen LogP contribution in [-0.4, -0.2) is 0 Å². The van der Waals surface area contributed by atoms with Crippen LogP contribution >= 0.6 is 0 Å². The molecule has 0 N–H and O–H groups in total. The van der Waals surface area contributed by atoms with Crippen molar-refractivity contribution < 1.29 is 13.2 Å². The zero-order chi connectivity index (χ0) is 14.0. The van der Waals surface area contributed by atoms with E-state index in [2.05, 4.69) is 0 Å². The maximum Gasteiger partial charge on any atom is 0.129 e. The number of hydrogen-bond acceptors (Lipinski definition) is 0. The molecule has 0 bridgehead atoms. The molecule has 0 spiro atoms. The molecule has 0 aromatic heterocycles. The van der Waals surface area contributed by atoms with Gasteiger partial charge in [0, 0.05) is 6.42 Å². The van der Waals surface area contributed by atoms with Gasteiger partial charge in [-0.1, -0.05) is 24.3 Å². The molecular weight excluding hydrogens is 249 g/mol. The van der Waals surface area contributed by atoms with Crippen molar-refractivity contribution >= 4 is 0 Å². The van der Waals surface area contributed by atoms with Gasteiger partial charge in [-0.25, -0.2) is 13.2 Å². The molecular formula is C16H15F3. The molecule has 2 aromatic carbocycles. The van der Waals surface area contributed by atoms with Crippen LogP contribution in [0, 0.1) is 25.5 Å². The summed E-state index contributed by atoms with van der Waals surface area (Å²) in [6, 6.07) is 8.94. The Morgan fingerprint density at radius 1 is 0.895 bits per heavy atom. The Kier molecular flexibility index (Phi) is 3.93. The number of rotatable bonds is 3. The van der Waals surface area contributed by atoms with Crippen LogP contribution in [0.5, 0.6) is 0 Å². The van der Waals surface area contributed by atoms with Gasteiger partial charge < -0.3 is 0 Å². The molecule has 100 valence electrons. The van der Waals surface area contributed by atoms with Gasteiger partial charge in [-0.05, 0) is 48.2 Å². The SMILES string of the molecule is Cc1ccc(CC(F)c2ccc(C)c(F)c2)cc1F. The summed E-state index contributed by atoms with van der Waals surface area (Å²) >= 11 is 0. The summed E-state index contributed by atoms with van der Waals surface area (Å²) in [4.78, 5) is 0. The first kappa shape index (κ1) is 13.7. The van der Waals surface area contributed by atoms with Crippen LogP contribution in [0.4, 0.5) is 13.2 Å². The average molecular weight is 264 g/mol. The van der Waals surface area contributed by atoms with Crippen molar-refractivity contribution in [1.29, 1.82) is 0 Å². The Morgan fingerprint density at radius 2 is 1.47 bits per heavy atom. The van der Waals surface area contributed by atoms with Crippen LogP contribution in [0.1, 0.15) is 28.4 Å². The van der Waals surface area contributed by atoms with Crippen LogP contribution in [-0.2, 0) is 6.42 Å². The van der Waals surface area contributed by atoms with Crippen LogP contribution in [0.15, 0.2) is 36.4 Å². The first-order chi connectivity index (χ1) is 8.97. The van der Waals surface area contributed by atoms with Crippen LogP contribution in [0.25, 0.3) is 0 Å². The molecule has 0 fully saturated rings. The Hall–Kier alpha value is -1.77. The van der Waals surface area contributed by atoms with Gasteiger partial charge in [0.2, 0.25) is 0 Å². The standard InChI is InChI=1S/C16H15F3/c1-10-3-5-12(7-14(10)17)8-16(19)13-6-4-11(2)15(18)9-13/h3-7,9,16H,8H2,1-2H3. The fraction of sp³-hybridized carbons (Fsp3) is 0.250. The lowest BCUT2D eigenvalue weighted by molar-refractivity contribution is 0.340. The van der Waals surface area contributed by atoms with E-state index in [9.17, 15) is 13.2 Å². The second-order valence-electron chi connectivity index (χ2n) is 4.76. The fourth-order valence-corrected chi connectivity index (χ4v) is 1.89. The Morgan fingerprint density at radius 3 is 2.05 bits per heavy atom. The van der Waals surface area contributed by atoms with E-state index in [1.807, 2.05) is 0 Å². The number of halogens is 3. The van der Waals surface area contributed by atoms with E-state index in [0.29, 0.717) is 16.7 Å². The molecule has 0 heterocycles. The molecule has 0 aliphatic carbocycles. The van der Waals surface area contributed by atoms with Crippen molar-refractivity contribution in [3.05, 3.63) is 70.3 Å². The molecule has 0 saturated heterocycles. The van der Waals surface area contributed by atoms with Gasteiger partial charge in [0.15, 0.2) is 0 Å². The van der Waals surface area contributed by atoms with Crippen molar-refractivity contribution in [3.63, 3.8) is 0 Å². The first-order valence-corrected chi connectivity index (χ1v) is 6.12. The Labute approximate surface area is 110 Å². The lowest BCUT2D eigenvalue weighted by Gasteiger charge is -2.10. The van der Waals surface area contributed by atoms with Crippen molar-refractivity contribution in [2.24, 2.45) is 0 Å². The summed E-state index contributed by atoms with van der Waals surface area (Å²) in [5.41, 5.74) is 1.86. The van der Waals surface area contributed by atoms with Crippen molar-refractivity contribution in [2.45, 2.75) is 26.4 Å². The van der Waals surface area contributed by atoms with Gasteiger partial charge in [0.25, 0.3) is 0 Å². The van der Waals surface area contributed by atoms with E-state index in [-0.39, 0.29) is 17.8 Å². The second-order valence-corrected chi connectivity index (χ2v) is 4.76. The first-order valence-electron chi connectivity index (χ1n) is 6.12. The van der Waals surface area contributed by atoms with E-state index in [1.165, 1.54) is 12.1 Å². The maximum atomic E-state index is 14.1. The summed E-state index contributed by atoms with van der Waals surface area (Å²) in [5.74, 6) is -0.768. The third kappa shape index (κ3) is 3.16. The van der Waals surface area contributed by atoms with Crippen molar-refractivity contribution in [1.82, 2.24) is 0 Å². The highest BCUT2D eigenvalue weighted by atomic mass is 19.1. The van der Waals surface area contributed by atoms with Gasteiger partial charge in [-0.3, -0.25) is 0 Å². The zero-order valence-corrected chi connectivity index (χ0v) is 10.9. The lowest BCUT2D eigenvalue weighted by Crippen LogP contribution is -1.99. The van der Waals surface area contributed by atoms with E-state index < -0.39 is 12.0 Å². The predicted molar refractivity (Wildman–Crippen MR) is 69.8 cm³/mol. The minimum Gasteiger partial charge on any atom is -0.242 e. The van der Waals surface area contributed by atoms with Gasteiger partial charge in [-0.2, -0.15) is 0 Å². The normalized spacial score (nSPS) is 12.5. The largest absolute Gasteiger partial charge is 0.242 e. The van der Waals surface area contributed by atoms with Crippen molar-refractivity contribution in [2.75, 3.05) is 0 Å². The monoisotopic (exact) mass is 264 g/mol. The molecule has 0 radical (unpaired) electrons. The summed E-state index contributed by atoms with van der Waals surface area (Å²) in [5, 5.41) is 0. The molecule has 0 aliphatic heterocycles. The molecule has 19 heavy (non-hydrogen) atoms. The lowest BCUT2D eigenvalue weighted by atomic mass is 10.0. The highest BCUT2D eigenvalue weighted by molar-refractivity contribution is 5.28. The average Bonchev–Trinajstić information content (AvgIpc) is 2.37. The van der Waals surface area contributed by atoms with E-state index in [1.54, 1.807) is 38.1 Å². The number of benzene rings is 2. The zero-order valence-electron chi connectivity index (χ0n) is 10.9. The molecule has 0 amide bonds. The smallest absolute Gasteiger partial charge is 0.129 e. The summed E-state index contributed by atoms with van der Waals surface area (Å²) in [7, 11) is 0. The molecule has 0 nitrogen and oxygen atoms in total. The summed E-state index contributed by atoms with van der Waals surface area (Å²) in [6.45, 7) is 3.28. The molecule has 0 aliphatic rings. The number of alkyl halides is 1. The van der Waals surface area contributed by atoms with Crippen molar-refractivity contribution in [3.8, 4) is 0 Å². The molecule has 3 heteroatoms. The molecule has 2 rings (SSSR count). The summed E-state index contributed by atoms with van der Waals surface area (Å²) in [6.07, 6.45) is -1.29. The van der Waals surface area contributed by atoms with Gasteiger partial charge in [0.1, 0.15) is 17.8 Å². The fourth-order valence-electron chi connectivity index (χ4n) is 1.89. The summed E-state index contributed by atoms with van der Waals surface area (Å²) < 4.78 is 40.8. The molecule has 1 atom stereocenters. The van der Waals surface area contributed by atoms with E-state index >= 15 is 0 Å². The third-order valence-corrected chi connectivity index (χ3v) is 3.21. The highest BCUT2D eigenvalue weighted by Gasteiger charge is 2.13. The second kappa shape index (κ2) is 5.47. The van der Waals surface area contributed by atoms with E-state index in [0.717, 1.165) is 0 Å². The topological polar surface area (TPSA) is 0 Å². The highest BCUT2D eigenvalue weighted by Crippen LogP contribution is 2.24. The Balaban J connectivity index is 2.17. The quantitative estimate of drug-likeness (QED) is 0.744. The number of hydrogen-bond donors (Lipinski definition) is 0. The molecule has 2 aromatic rings. The number of aryl methyl sites for hydroxylation is 2. The predicted octanol–water partition coefficient (Wildman–Crippen LogP) is 4.83. The maximum absolute atomic E-state index is 14.1. The van der Waals surface area contributed by atoms with Crippen LogP contribution in [0.3, 0.4) is 0 Å². The van der Waals surface area contributed by atoms with Gasteiger partial charge >= 0.3 is 0 Å². The van der Waals surface area contributed by atoms with Crippen LogP contribution < -0.4 is 0 Å². The van der Waals surface area contributed by atoms with Crippen LogP contribution in [0.2, 0.25) is 0 Å². The van der Waals surface area contributed by atoms with E-state index in [4.69, 9.17) is 0 Å². The minimum absolute atomic E-state index is 0.0414. The minimum atomic E-state index is -1.34. The van der Waals surface area contributed by atoms with Gasteiger partial charge in [0.05, 0.1) is 0 Å².